The van der Waals surface area contributed by atoms with Gasteiger partial charge in [-0.25, -0.2) is 4.79 Å². The van der Waals surface area contributed by atoms with Crippen molar-refractivity contribution in [3.05, 3.63) is 35.0 Å². The molecule has 0 saturated carbocycles. The van der Waals surface area contributed by atoms with Gasteiger partial charge in [-0.1, -0.05) is 23.7 Å². The molecule has 0 radical (unpaired) electrons. The van der Waals surface area contributed by atoms with Gasteiger partial charge in [0.15, 0.2) is 0 Å². The summed E-state index contributed by atoms with van der Waals surface area (Å²) in [7, 11) is 1.53. The van der Waals surface area contributed by atoms with Crippen LogP contribution in [0.25, 0.3) is 10.9 Å². The van der Waals surface area contributed by atoms with E-state index in [4.69, 9.17) is 16.3 Å². The van der Waals surface area contributed by atoms with Crippen LogP contribution in [0.4, 0.5) is 4.79 Å². The van der Waals surface area contributed by atoms with Crippen molar-refractivity contribution < 1.29 is 14.3 Å². The maximum absolute atomic E-state index is 12.6. The third-order valence-electron chi connectivity index (χ3n) is 4.53. The van der Waals surface area contributed by atoms with Gasteiger partial charge in [0, 0.05) is 31.7 Å². The molecule has 25 heavy (non-hydrogen) atoms. The number of ether oxygens (including phenoxy) is 1. The molecule has 7 heteroatoms. The second-order valence-electron chi connectivity index (χ2n) is 6.17. The summed E-state index contributed by atoms with van der Waals surface area (Å²) in [6.45, 7) is 0.995. The highest BCUT2D eigenvalue weighted by Crippen LogP contribution is 2.26. The summed E-state index contributed by atoms with van der Waals surface area (Å²) in [5, 5.41) is 4.20. The number of aryl methyl sites for hydroxylation is 1. The molecule has 1 fully saturated rings. The van der Waals surface area contributed by atoms with Gasteiger partial charge in [0.2, 0.25) is 5.91 Å². The molecule has 134 valence electrons. The number of hydrogen-bond acceptors (Lipinski definition) is 3. The van der Waals surface area contributed by atoms with Crippen LogP contribution in [0.15, 0.2) is 24.4 Å². The van der Waals surface area contributed by atoms with Crippen LogP contribution < -0.4 is 5.32 Å². The maximum Gasteiger partial charge on any atom is 0.323 e. The van der Waals surface area contributed by atoms with Crippen molar-refractivity contribution in [3.8, 4) is 0 Å². The number of para-hydroxylation sites is 1. The third-order valence-corrected chi connectivity index (χ3v) is 4.84. The van der Waals surface area contributed by atoms with Crippen LogP contribution in [-0.4, -0.2) is 48.1 Å². The number of amides is 3. The first-order chi connectivity index (χ1) is 12.1. The Balaban J connectivity index is 1.67. The summed E-state index contributed by atoms with van der Waals surface area (Å²) in [5.74, 6) is -0.203. The number of fused-ring (bicyclic) bond motifs is 1. The fourth-order valence-electron chi connectivity index (χ4n) is 3.18. The van der Waals surface area contributed by atoms with Crippen molar-refractivity contribution in [1.82, 2.24) is 15.2 Å². The number of benzene rings is 1. The number of aromatic amines is 1. The molecular weight excluding hydrogens is 342 g/mol. The van der Waals surface area contributed by atoms with Crippen LogP contribution in [0, 0.1) is 0 Å². The summed E-state index contributed by atoms with van der Waals surface area (Å²) < 4.78 is 5.56. The van der Waals surface area contributed by atoms with Gasteiger partial charge in [0.1, 0.15) is 0 Å². The minimum Gasteiger partial charge on any atom is -0.376 e. The fourth-order valence-corrected chi connectivity index (χ4v) is 3.41. The monoisotopic (exact) mass is 363 g/mol. The molecule has 2 aromatic rings. The van der Waals surface area contributed by atoms with Crippen molar-refractivity contribution in [2.75, 3.05) is 20.2 Å². The van der Waals surface area contributed by atoms with Crippen molar-refractivity contribution in [3.63, 3.8) is 0 Å². The van der Waals surface area contributed by atoms with Crippen molar-refractivity contribution in [1.29, 1.82) is 0 Å². The Hall–Kier alpha value is -2.05. The number of aromatic nitrogens is 1. The molecule has 1 aromatic heterocycles. The molecule has 3 amide bonds. The standard InChI is InChI=1S/C18H22ClN3O3/c1-20-18(24)22(11-13-4-3-9-25-13)16(23)8-7-12-10-21-17-14(12)5-2-6-15(17)19/h2,5-6,10,13,21H,3-4,7-9,11H2,1H3,(H,20,24). The van der Waals surface area contributed by atoms with Crippen molar-refractivity contribution in [2.45, 2.75) is 31.8 Å². The molecule has 0 bridgehead atoms. The molecular formula is C18H22ClN3O3. The Morgan fingerprint density at radius 2 is 2.28 bits per heavy atom. The van der Waals surface area contributed by atoms with E-state index in [1.165, 1.54) is 11.9 Å². The van der Waals surface area contributed by atoms with E-state index in [-0.39, 0.29) is 24.5 Å². The minimum absolute atomic E-state index is 0.0619. The SMILES string of the molecule is CNC(=O)N(CC1CCCO1)C(=O)CCc1c[nH]c2c(Cl)cccc12. The van der Waals surface area contributed by atoms with Crippen LogP contribution in [0.2, 0.25) is 5.02 Å². The molecule has 1 unspecified atom stereocenters. The molecule has 3 rings (SSSR count). The van der Waals surface area contributed by atoms with Gasteiger partial charge in [0.25, 0.3) is 0 Å². The highest BCUT2D eigenvalue weighted by molar-refractivity contribution is 6.35. The summed E-state index contributed by atoms with van der Waals surface area (Å²) in [4.78, 5) is 29.1. The molecule has 0 spiro atoms. The van der Waals surface area contributed by atoms with E-state index in [0.717, 1.165) is 29.3 Å². The van der Waals surface area contributed by atoms with Crippen LogP contribution in [-0.2, 0) is 16.0 Å². The second kappa shape index (κ2) is 7.89. The van der Waals surface area contributed by atoms with Crippen LogP contribution in [0.1, 0.15) is 24.8 Å². The molecule has 1 atom stereocenters. The smallest absolute Gasteiger partial charge is 0.323 e. The number of halogens is 1. The van der Waals surface area contributed by atoms with Crippen molar-refractivity contribution >= 4 is 34.4 Å². The van der Waals surface area contributed by atoms with Gasteiger partial charge in [-0.2, -0.15) is 0 Å². The van der Waals surface area contributed by atoms with Crippen molar-refractivity contribution in [2.24, 2.45) is 0 Å². The number of rotatable bonds is 5. The molecule has 1 aliphatic rings. The Bertz CT molecular complexity index is 768. The first-order valence-corrected chi connectivity index (χ1v) is 8.86. The predicted octanol–water partition coefficient (Wildman–Crippen LogP) is 3.10. The highest BCUT2D eigenvalue weighted by atomic mass is 35.5. The minimum atomic E-state index is -0.387. The van der Waals surface area contributed by atoms with Gasteiger partial charge in [0.05, 0.1) is 23.2 Å². The molecule has 1 saturated heterocycles. The summed E-state index contributed by atoms with van der Waals surface area (Å²) in [5.41, 5.74) is 1.88. The Morgan fingerprint density at radius 1 is 1.44 bits per heavy atom. The number of H-pyrrole nitrogens is 1. The number of hydrogen-bond donors (Lipinski definition) is 2. The number of nitrogens with zero attached hydrogens (tertiary/aromatic N) is 1. The zero-order valence-corrected chi connectivity index (χ0v) is 14.9. The predicted molar refractivity (Wildman–Crippen MR) is 96.8 cm³/mol. The third kappa shape index (κ3) is 3.96. The zero-order chi connectivity index (χ0) is 17.8. The Labute approximate surface area is 151 Å². The Kier molecular flexibility index (Phi) is 5.60. The summed E-state index contributed by atoms with van der Waals surface area (Å²) in [6, 6.07) is 5.30. The fraction of sp³-hybridized carbons (Fsp3) is 0.444. The first kappa shape index (κ1) is 17.8. The molecule has 0 aliphatic carbocycles. The Morgan fingerprint density at radius 3 is 3.00 bits per heavy atom. The summed E-state index contributed by atoms with van der Waals surface area (Å²) in [6.07, 6.45) is 4.44. The zero-order valence-electron chi connectivity index (χ0n) is 14.2. The first-order valence-electron chi connectivity index (χ1n) is 8.48. The van der Waals surface area contributed by atoms with Crippen LogP contribution in [0.3, 0.4) is 0 Å². The highest BCUT2D eigenvalue weighted by Gasteiger charge is 2.26. The van der Waals surface area contributed by atoms with Gasteiger partial charge in [-0.05, 0) is 30.9 Å². The van der Waals surface area contributed by atoms with E-state index in [1.807, 2.05) is 24.4 Å². The van der Waals surface area contributed by atoms with Gasteiger partial charge in [-0.3, -0.25) is 9.69 Å². The quantitative estimate of drug-likeness (QED) is 0.857. The van der Waals surface area contributed by atoms with Gasteiger partial charge >= 0.3 is 6.03 Å². The molecule has 2 heterocycles. The number of carbonyl (C=O) groups is 2. The molecule has 6 nitrogen and oxygen atoms in total. The van der Waals surface area contributed by atoms with E-state index < -0.39 is 0 Å². The van der Waals surface area contributed by atoms with Gasteiger partial charge < -0.3 is 15.0 Å². The van der Waals surface area contributed by atoms with E-state index in [1.54, 1.807) is 0 Å². The average molecular weight is 364 g/mol. The lowest BCUT2D eigenvalue weighted by atomic mass is 10.1. The largest absolute Gasteiger partial charge is 0.376 e. The van der Waals surface area contributed by atoms with E-state index >= 15 is 0 Å². The average Bonchev–Trinajstić information content (AvgIpc) is 3.27. The molecule has 1 aliphatic heterocycles. The number of nitrogens with one attached hydrogen (secondary N) is 2. The normalized spacial score (nSPS) is 17.0. The number of imide groups is 1. The van der Waals surface area contributed by atoms with Crippen LogP contribution in [0.5, 0.6) is 0 Å². The van der Waals surface area contributed by atoms with E-state index in [0.29, 0.717) is 24.6 Å². The van der Waals surface area contributed by atoms with E-state index in [2.05, 4.69) is 10.3 Å². The molecule has 2 N–H and O–H groups in total. The lowest BCUT2D eigenvalue weighted by molar-refractivity contribution is -0.129. The lowest BCUT2D eigenvalue weighted by Gasteiger charge is -2.23. The number of carbonyl (C=O) groups excluding carboxylic acids is 2. The maximum atomic E-state index is 12.6. The van der Waals surface area contributed by atoms with Gasteiger partial charge in [-0.15, -0.1) is 0 Å². The molecule has 1 aromatic carbocycles. The van der Waals surface area contributed by atoms with E-state index in [9.17, 15) is 9.59 Å². The van der Waals surface area contributed by atoms with Crippen LogP contribution >= 0.6 is 11.6 Å². The topological polar surface area (TPSA) is 74.4 Å². The lowest BCUT2D eigenvalue weighted by Crippen LogP contribution is -2.46. The second-order valence-corrected chi connectivity index (χ2v) is 6.58. The number of urea groups is 1. The summed E-state index contributed by atoms with van der Waals surface area (Å²) >= 11 is 6.17.